The summed E-state index contributed by atoms with van der Waals surface area (Å²) in [6, 6.07) is 12.1. The van der Waals surface area contributed by atoms with Crippen LogP contribution in [0.2, 0.25) is 0 Å². The van der Waals surface area contributed by atoms with Crippen LogP contribution in [0.15, 0.2) is 66.9 Å². The van der Waals surface area contributed by atoms with Crippen LogP contribution in [0.25, 0.3) is 11.3 Å². The molecule has 0 radical (unpaired) electrons. The fourth-order valence-corrected chi connectivity index (χ4v) is 8.60. The summed E-state index contributed by atoms with van der Waals surface area (Å²) in [6.45, 7) is 9.66. The molecular formula is C45H54F2N6O8. The number of ether oxygens (including phenoxy) is 3. The Hall–Kier alpha value is -5.48. The lowest BCUT2D eigenvalue weighted by molar-refractivity contribution is -0.159. The third-order valence-electron chi connectivity index (χ3n) is 11.8. The van der Waals surface area contributed by atoms with Gasteiger partial charge in [0.25, 0.3) is 17.7 Å². The second kappa shape index (κ2) is 18.6. The van der Waals surface area contributed by atoms with E-state index in [0.717, 1.165) is 28.7 Å². The summed E-state index contributed by atoms with van der Waals surface area (Å²) < 4.78 is 49.8. The first kappa shape index (κ1) is 43.6. The standard InChI is InChI=1S/C45H54F2N6O8/c1-29-23-51(44(58)61-45(2,3)4)25-32(29)26-53(43(57)37-28-49(18-21-60-37)38(54)14-17-52-39(55)12-13-40(52)56)41(31-15-19-59-20-16-31)42-48-36(34-22-33(46)10-11-35(34)47)27-50(42)24-30-8-6-5-7-9-30/h5-13,22,27,29,31-32,37,41H,14-21,23-26,28H2,1-4H3/t29-,32-,37-,41+/m0/s1. The molecule has 0 saturated carbocycles. The maximum Gasteiger partial charge on any atom is 0.410 e. The van der Waals surface area contributed by atoms with Crippen molar-refractivity contribution in [1.29, 1.82) is 0 Å². The molecule has 0 bridgehead atoms. The fourth-order valence-electron chi connectivity index (χ4n) is 8.60. The van der Waals surface area contributed by atoms with E-state index in [-0.39, 0.29) is 74.1 Å². The highest BCUT2D eigenvalue weighted by Crippen LogP contribution is 2.39. The van der Waals surface area contributed by atoms with Crippen molar-refractivity contribution >= 4 is 29.7 Å². The predicted molar refractivity (Wildman–Crippen MR) is 218 cm³/mol. The molecule has 0 N–H and O–H groups in total. The van der Waals surface area contributed by atoms with Crippen molar-refractivity contribution in [3.8, 4) is 11.3 Å². The lowest BCUT2D eigenvalue weighted by Crippen LogP contribution is -2.55. The number of aromatic nitrogens is 2. The third-order valence-corrected chi connectivity index (χ3v) is 11.8. The molecule has 16 heteroatoms. The Kier molecular flexibility index (Phi) is 13.3. The van der Waals surface area contributed by atoms with E-state index in [0.29, 0.717) is 51.5 Å². The van der Waals surface area contributed by atoms with Gasteiger partial charge in [0.15, 0.2) is 6.10 Å². The summed E-state index contributed by atoms with van der Waals surface area (Å²) in [5.41, 5.74) is 0.397. The zero-order chi connectivity index (χ0) is 43.4. The molecule has 5 heterocycles. The molecular weight excluding hydrogens is 791 g/mol. The Bertz CT molecular complexity index is 2120. The van der Waals surface area contributed by atoms with E-state index < -0.39 is 53.2 Å². The number of nitrogens with zero attached hydrogens (tertiary/aromatic N) is 6. The summed E-state index contributed by atoms with van der Waals surface area (Å²) in [5, 5.41) is 0. The van der Waals surface area contributed by atoms with Crippen LogP contribution in [-0.4, -0.2) is 130 Å². The van der Waals surface area contributed by atoms with Crippen LogP contribution < -0.4 is 0 Å². The van der Waals surface area contributed by atoms with Crippen molar-refractivity contribution in [3.05, 3.63) is 89.9 Å². The number of benzene rings is 2. The van der Waals surface area contributed by atoms with Gasteiger partial charge in [-0.1, -0.05) is 37.3 Å². The van der Waals surface area contributed by atoms with Gasteiger partial charge in [0.2, 0.25) is 5.91 Å². The lowest BCUT2D eigenvalue weighted by atomic mass is 9.87. The number of hydrogen-bond donors (Lipinski definition) is 0. The number of imide groups is 1. The van der Waals surface area contributed by atoms with Gasteiger partial charge in [0.1, 0.15) is 23.1 Å². The van der Waals surface area contributed by atoms with Gasteiger partial charge in [-0.25, -0.2) is 18.6 Å². The molecule has 4 atom stereocenters. The maximum absolute atomic E-state index is 15.5. The quantitative estimate of drug-likeness (QED) is 0.225. The van der Waals surface area contributed by atoms with Gasteiger partial charge < -0.3 is 33.5 Å². The second-order valence-electron chi connectivity index (χ2n) is 17.3. The number of halogens is 2. The van der Waals surface area contributed by atoms with Crippen LogP contribution in [0.5, 0.6) is 0 Å². The highest BCUT2D eigenvalue weighted by molar-refractivity contribution is 6.13. The minimum atomic E-state index is -1.09. The Morgan fingerprint density at radius 3 is 2.38 bits per heavy atom. The van der Waals surface area contributed by atoms with E-state index >= 15 is 9.18 Å². The van der Waals surface area contributed by atoms with Crippen LogP contribution in [0, 0.1) is 29.4 Å². The molecule has 0 spiro atoms. The van der Waals surface area contributed by atoms with Gasteiger partial charge in [0.05, 0.1) is 24.9 Å². The highest BCUT2D eigenvalue weighted by atomic mass is 19.1. The Balaban J connectivity index is 1.27. The third kappa shape index (κ3) is 10.4. The molecule has 61 heavy (non-hydrogen) atoms. The van der Waals surface area contributed by atoms with Gasteiger partial charge in [-0.3, -0.25) is 24.1 Å². The van der Waals surface area contributed by atoms with Crippen LogP contribution >= 0.6 is 0 Å². The van der Waals surface area contributed by atoms with E-state index in [1.807, 2.05) is 62.6 Å². The summed E-state index contributed by atoms with van der Waals surface area (Å²) in [7, 11) is 0. The van der Waals surface area contributed by atoms with Crippen LogP contribution in [0.3, 0.4) is 0 Å². The number of likely N-dealkylation sites (tertiary alicyclic amines) is 1. The summed E-state index contributed by atoms with van der Waals surface area (Å²) in [4.78, 5) is 77.7. The zero-order valence-corrected chi connectivity index (χ0v) is 35.1. The molecule has 2 aromatic carbocycles. The molecule has 4 aliphatic heterocycles. The summed E-state index contributed by atoms with van der Waals surface area (Å²) in [5.74, 6) is -2.94. The molecule has 14 nitrogen and oxygen atoms in total. The first-order chi connectivity index (χ1) is 29.1. The van der Waals surface area contributed by atoms with E-state index in [2.05, 4.69) is 0 Å². The zero-order valence-electron chi connectivity index (χ0n) is 35.1. The van der Waals surface area contributed by atoms with E-state index in [9.17, 15) is 23.6 Å². The van der Waals surface area contributed by atoms with E-state index in [1.165, 1.54) is 17.1 Å². The van der Waals surface area contributed by atoms with Crippen molar-refractivity contribution in [1.82, 2.24) is 29.2 Å². The van der Waals surface area contributed by atoms with Gasteiger partial charge in [0, 0.05) is 82.8 Å². The lowest BCUT2D eigenvalue weighted by Gasteiger charge is -2.43. The number of carbonyl (C=O) groups excluding carboxylic acids is 5. The largest absolute Gasteiger partial charge is 0.444 e. The van der Waals surface area contributed by atoms with Crippen LogP contribution in [0.4, 0.5) is 13.6 Å². The molecule has 3 saturated heterocycles. The number of imidazole rings is 1. The first-order valence-corrected chi connectivity index (χ1v) is 21.0. The highest BCUT2D eigenvalue weighted by Gasteiger charge is 2.44. The molecule has 0 unspecified atom stereocenters. The maximum atomic E-state index is 15.5. The first-order valence-electron chi connectivity index (χ1n) is 21.0. The summed E-state index contributed by atoms with van der Waals surface area (Å²) in [6.07, 6.45) is 3.51. The molecule has 1 aromatic heterocycles. The number of rotatable bonds is 12. The van der Waals surface area contributed by atoms with Crippen molar-refractivity contribution in [2.24, 2.45) is 17.8 Å². The Morgan fingerprint density at radius 2 is 1.67 bits per heavy atom. The molecule has 4 aliphatic rings. The van der Waals surface area contributed by atoms with Crippen molar-refractivity contribution in [2.45, 2.75) is 71.2 Å². The Morgan fingerprint density at radius 1 is 0.951 bits per heavy atom. The normalized spacial score (nSPS) is 21.6. The van der Waals surface area contributed by atoms with Crippen molar-refractivity contribution in [2.75, 3.05) is 59.1 Å². The number of hydrogen-bond acceptors (Lipinski definition) is 9. The van der Waals surface area contributed by atoms with E-state index in [4.69, 9.17) is 19.2 Å². The molecule has 0 aliphatic carbocycles. The molecule has 3 aromatic rings. The van der Waals surface area contributed by atoms with Gasteiger partial charge in [-0.2, -0.15) is 0 Å². The average Bonchev–Trinajstić information content (AvgIpc) is 3.92. The monoisotopic (exact) mass is 844 g/mol. The van der Waals surface area contributed by atoms with Gasteiger partial charge in [-0.15, -0.1) is 0 Å². The van der Waals surface area contributed by atoms with Crippen LogP contribution in [0.1, 0.15) is 64.4 Å². The van der Waals surface area contributed by atoms with Crippen molar-refractivity contribution in [3.63, 3.8) is 0 Å². The average molecular weight is 845 g/mol. The number of morpholine rings is 1. The minimum absolute atomic E-state index is 0.0213. The topological polar surface area (TPSA) is 144 Å². The van der Waals surface area contributed by atoms with Gasteiger partial charge in [-0.05, 0) is 75.1 Å². The van der Waals surface area contributed by atoms with Gasteiger partial charge >= 0.3 is 6.09 Å². The molecule has 5 amide bonds. The fraction of sp³-hybridized carbons (Fsp3) is 0.511. The molecule has 3 fully saturated rings. The molecule has 7 rings (SSSR count). The van der Waals surface area contributed by atoms with E-state index in [1.54, 1.807) is 16.0 Å². The van der Waals surface area contributed by atoms with Crippen molar-refractivity contribution < 1.29 is 47.0 Å². The Labute approximate surface area is 354 Å². The SMILES string of the molecule is C[C@H]1CN(C(=O)OC(C)(C)C)C[C@H]1CN(C(=O)[C@@H]1CN(C(=O)CCN2C(=O)C=CC2=O)CCO1)[C@@H](c1nc(-c2cc(F)ccc2F)cn1Cc1ccccc1)C1CCOCC1. The number of amides is 5. The number of carbonyl (C=O) groups is 5. The van der Waals surface area contributed by atoms with Crippen LogP contribution in [-0.2, 0) is 39.9 Å². The second-order valence-corrected chi connectivity index (χ2v) is 17.3. The smallest absolute Gasteiger partial charge is 0.410 e. The molecule has 326 valence electrons. The predicted octanol–water partition coefficient (Wildman–Crippen LogP) is 5.22. The summed E-state index contributed by atoms with van der Waals surface area (Å²) >= 11 is 0. The minimum Gasteiger partial charge on any atom is -0.444 e.